The molecule has 0 aliphatic rings. The van der Waals surface area contributed by atoms with Crippen LogP contribution in [0.1, 0.15) is 36.1 Å². The number of hydrogen-bond donors (Lipinski definition) is 4. The molecule has 0 saturated heterocycles. The van der Waals surface area contributed by atoms with Crippen molar-refractivity contribution in [3.63, 3.8) is 0 Å². The first-order chi connectivity index (χ1) is 16.3. The van der Waals surface area contributed by atoms with Crippen molar-refractivity contribution in [2.45, 2.75) is 19.9 Å². The van der Waals surface area contributed by atoms with Gasteiger partial charge in [0.15, 0.2) is 5.82 Å². The van der Waals surface area contributed by atoms with Crippen molar-refractivity contribution in [2.24, 2.45) is 18.7 Å². The van der Waals surface area contributed by atoms with Crippen LogP contribution in [0.2, 0.25) is 0 Å². The van der Waals surface area contributed by atoms with Gasteiger partial charge < -0.3 is 21.0 Å². The lowest BCUT2D eigenvalue weighted by molar-refractivity contribution is 0.100. The fourth-order valence-corrected chi connectivity index (χ4v) is 3.99. The first-order valence-corrected chi connectivity index (χ1v) is 10.7. The molecule has 11 nitrogen and oxygen atoms in total. The van der Waals surface area contributed by atoms with Crippen LogP contribution in [0.4, 0.5) is 5.69 Å². The minimum atomic E-state index is -0.546. The minimum absolute atomic E-state index is 0.0992. The third-order valence-electron chi connectivity index (χ3n) is 5.62. The number of H-pyrrole nitrogens is 2. The number of pyridine rings is 1. The summed E-state index contributed by atoms with van der Waals surface area (Å²) in [5.41, 5.74) is 8.58. The van der Waals surface area contributed by atoms with Gasteiger partial charge in [-0.1, -0.05) is 13.8 Å². The van der Waals surface area contributed by atoms with E-state index in [4.69, 9.17) is 5.73 Å². The molecule has 0 fully saturated rings. The summed E-state index contributed by atoms with van der Waals surface area (Å²) in [6.45, 7) is 4.09. The number of amides is 1. The van der Waals surface area contributed by atoms with E-state index in [1.165, 1.54) is 0 Å². The summed E-state index contributed by atoms with van der Waals surface area (Å²) in [5.74, 6) is 0.492. The van der Waals surface area contributed by atoms with Crippen LogP contribution in [-0.2, 0) is 7.05 Å². The monoisotopic (exact) mass is 457 g/mol. The Kier molecular flexibility index (Phi) is 5.08. The molecule has 11 heteroatoms. The zero-order chi connectivity index (χ0) is 24.0. The van der Waals surface area contributed by atoms with Crippen molar-refractivity contribution < 1.29 is 4.79 Å². The Morgan fingerprint density at radius 1 is 1.15 bits per heavy atom. The van der Waals surface area contributed by atoms with Gasteiger partial charge in [-0.05, 0) is 30.2 Å². The second kappa shape index (κ2) is 8.10. The molecule has 1 amide bonds. The Morgan fingerprint density at radius 3 is 2.62 bits per heavy atom. The van der Waals surface area contributed by atoms with Crippen molar-refractivity contribution in [3.8, 4) is 11.4 Å². The van der Waals surface area contributed by atoms with Gasteiger partial charge in [-0.2, -0.15) is 5.10 Å². The van der Waals surface area contributed by atoms with E-state index in [-0.39, 0.29) is 17.5 Å². The number of benzene rings is 1. The van der Waals surface area contributed by atoms with Gasteiger partial charge in [-0.15, -0.1) is 0 Å². The lowest BCUT2D eigenvalue weighted by Gasteiger charge is -2.23. The highest BCUT2D eigenvalue weighted by Gasteiger charge is 2.25. The standard InChI is InChI=1S/C23H23N9O2/c1-11(2)17(22-25-7-4-8-26-22)30-19-16(23(34)29-15-10-32(3)31-18(15)19)21-27-13-6-5-12(20(24)33)9-14(13)28-21/h4-11,17,30H,1-3H3,(H2,24,33)(H,27,28)(H,29,34). The van der Waals surface area contributed by atoms with E-state index in [1.54, 1.807) is 54.6 Å². The molecule has 0 radical (unpaired) electrons. The second-order valence-electron chi connectivity index (χ2n) is 8.42. The Morgan fingerprint density at radius 2 is 1.91 bits per heavy atom. The Hall–Kier alpha value is -4.54. The average Bonchev–Trinajstić information content (AvgIpc) is 3.39. The van der Waals surface area contributed by atoms with E-state index < -0.39 is 5.91 Å². The SMILES string of the molecule is CC(C)C(Nc1c(-c2nc3ccc(C(N)=O)cc3[nH]2)c(=O)[nH]c2cn(C)nc12)c1ncccn1. The summed E-state index contributed by atoms with van der Waals surface area (Å²) in [5, 5.41) is 8.06. The molecule has 1 unspecified atom stereocenters. The van der Waals surface area contributed by atoms with E-state index in [0.717, 1.165) is 0 Å². The number of nitrogens with one attached hydrogen (secondary N) is 3. The smallest absolute Gasteiger partial charge is 0.261 e. The Labute approximate surface area is 193 Å². The van der Waals surface area contributed by atoms with E-state index in [0.29, 0.717) is 50.5 Å². The van der Waals surface area contributed by atoms with Crippen LogP contribution in [0.5, 0.6) is 0 Å². The van der Waals surface area contributed by atoms with Crippen LogP contribution in [-0.4, -0.2) is 40.6 Å². The van der Waals surface area contributed by atoms with E-state index >= 15 is 0 Å². The number of nitrogens with zero attached hydrogens (tertiary/aromatic N) is 5. The van der Waals surface area contributed by atoms with E-state index in [9.17, 15) is 9.59 Å². The van der Waals surface area contributed by atoms with Crippen LogP contribution < -0.4 is 16.6 Å². The molecule has 1 aromatic carbocycles. The fraction of sp³-hybridized carbons (Fsp3) is 0.217. The molecular weight excluding hydrogens is 434 g/mol. The summed E-state index contributed by atoms with van der Waals surface area (Å²) in [6.07, 6.45) is 5.11. The highest BCUT2D eigenvalue weighted by atomic mass is 16.1. The zero-order valence-electron chi connectivity index (χ0n) is 18.8. The summed E-state index contributed by atoms with van der Waals surface area (Å²) in [4.78, 5) is 44.4. The number of aromatic amines is 2. The van der Waals surface area contributed by atoms with Crippen molar-refractivity contribution in [1.82, 2.24) is 34.7 Å². The van der Waals surface area contributed by atoms with E-state index in [1.807, 2.05) is 13.8 Å². The van der Waals surface area contributed by atoms with Gasteiger partial charge in [0.25, 0.3) is 5.56 Å². The normalized spacial score (nSPS) is 12.5. The highest BCUT2D eigenvalue weighted by molar-refractivity contribution is 5.98. The maximum atomic E-state index is 13.3. The van der Waals surface area contributed by atoms with Gasteiger partial charge >= 0.3 is 0 Å². The molecule has 0 aliphatic carbocycles. The number of primary amides is 1. The van der Waals surface area contributed by atoms with Gasteiger partial charge in [-0.25, -0.2) is 15.0 Å². The second-order valence-corrected chi connectivity index (χ2v) is 8.42. The van der Waals surface area contributed by atoms with Gasteiger partial charge in [-0.3, -0.25) is 14.3 Å². The summed E-state index contributed by atoms with van der Waals surface area (Å²) < 4.78 is 1.64. The summed E-state index contributed by atoms with van der Waals surface area (Å²) in [7, 11) is 1.79. The maximum Gasteiger partial charge on any atom is 0.261 e. The van der Waals surface area contributed by atoms with Crippen molar-refractivity contribution in [2.75, 3.05) is 5.32 Å². The number of nitrogens with two attached hydrogens (primary N) is 1. The van der Waals surface area contributed by atoms with Gasteiger partial charge in [0, 0.05) is 31.2 Å². The first-order valence-electron chi connectivity index (χ1n) is 10.7. The third-order valence-corrected chi connectivity index (χ3v) is 5.62. The molecule has 0 spiro atoms. The topological polar surface area (TPSA) is 160 Å². The predicted octanol–water partition coefficient (Wildman–Crippen LogP) is 2.50. The van der Waals surface area contributed by atoms with Crippen LogP contribution in [0, 0.1) is 5.92 Å². The van der Waals surface area contributed by atoms with Gasteiger partial charge in [0.2, 0.25) is 5.91 Å². The molecule has 0 bridgehead atoms. The quantitative estimate of drug-likeness (QED) is 0.305. The molecule has 0 saturated carbocycles. The van der Waals surface area contributed by atoms with Crippen molar-refractivity contribution in [3.05, 3.63) is 64.6 Å². The molecule has 1 atom stereocenters. The van der Waals surface area contributed by atoms with Crippen LogP contribution in [0.15, 0.2) is 47.7 Å². The Balaban J connectivity index is 1.73. The summed E-state index contributed by atoms with van der Waals surface area (Å²) in [6, 6.07) is 6.36. The molecule has 0 aliphatic heterocycles. The number of aryl methyl sites for hydroxylation is 1. The lowest BCUT2D eigenvalue weighted by Crippen LogP contribution is -2.22. The molecular formula is C23H23N9O2. The molecule has 5 N–H and O–H groups in total. The van der Waals surface area contributed by atoms with Crippen LogP contribution in [0.25, 0.3) is 33.5 Å². The number of carbonyl (C=O) groups is 1. The van der Waals surface area contributed by atoms with Crippen LogP contribution in [0.3, 0.4) is 0 Å². The minimum Gasteiger partial charge on any atom is -0.372 e. The fourth-order valence-electron chi connectivity index (χ4n) is 3.99. The van der Waals surface area contributed by atoms with Gasteiger partial charge in [0.05, 0.1) is 28.3 Å². The average molecular weight is 457 g/mol. The summed E-state index contributed by atoms with van der Waals surface area (Å²) >= 11 is 0. The first kappa shape index (κ1) is 21.3. The number of anilines is 1. The third kappa shape index (κ3) is 3.66. The number of hydrogen-bond acceptors (Lipinski definition) is 7. The molecule has 4 aromatic heterocycles. The lowest BCUT2D eigenvalue weighted by atomic mass is 10.0. The van der Waals surface area contributed by atoms with Crippen molar-refractivity contribution in [1.29, 1.82) is 0 Å². The number of carbonyl (C=O) groups excluding carboxylic acids is 1. The highest BCUT2D eigenvalue weighted by Crippen LogP contribution is 2.34. The Bertz CT molecular complexity index is 1580. The van der Waals surface area contributed by atoms with Gasteiger partial charge in [0.1, 0.15) is 16.9 Å². The van der Waals surface area contributed by atoms with E-state index in [2.05, 4.69) is 35.3 Å². The molecule has 34 heavy (non-hydrogen) atoms. The molecule has 172 valence electrons. The van der Waals surface area contributed by atoms with Crippen molar-refractivity contribution >= 4 is 33.7 Å². The molecule has 5 aromatic rings. The maximum absolute atomic E-state index is 13.3. The zero-order valence-corrected chi connectivity index (χ0v) is 18.8. The number of rotatable bonds is 6. The molecule has 4 heterocycles. The molecule has 5 rings (SSSR count). The predicted molar refractivity (Wildman–Crippen MR) is 128 cm³/mol. The largest absolute Gasteiger partial charge is 0.372 e. The number of fused-ring (bicyclic) bond motifs is 2. The van der Waals surface area contributed by atoms with Crippen LogP contribution >= 0.6 is 0 Å². The number of imidazole rings is 1. The number of aromatic nitrogens is 7.